The van der Waals surface area contributed by atoms with Crippen molar-refractivity contribution in [1.82, 2.24) is 34.9 Å². The lowest BCUT2D eigenvalue weighted by Crippen LogP contribution is -2.60. The fourth-order valence-electron chi connectivity index (χ4n) is 5.69. The highest BCUT2D eigenvalue weighted by atomic mass is 35.5. The minimum atomic E-state index is -0.255. The smallest absolute Gasteiger partial charge is 0.271 e. The molecule has 2 aliphatic rings. The molecule has 5 rings (SSSR count). The maximum atomic E-state index is 13.5. The minimum absolute atomic E-state index is 0.101. The van der Waals surface area contributed by atoms with Crippen molar-refractivity contribution in [3.05, 3.63) is 57.7 Å². The molecule has 0 aliphatic carbocycles. The van der Waals surface area contributed by atoms with Gasteiger partial charge in [-0.3, -0.25) is 14.7 Å². The number of carbonyl (C=O) groups excluding carboxylic acids is 2. The van der Waals surface area contributed by atoms with Crippen LogP contribution in [-0.2, 0) is 23.1 Å². The number of aromatic amines is 1. The molecule has 40 heavy (non-hydrogen) atoms. The van der Waals surface area contributed by atoms with Crippen molar-refractivity contribution >= 4 is 45.9 Å². The summed E-state index contributed by atoms with van der Waals surface area (Å²) in [5, 5.41) is 12.7. The Morgan fingerprint density at radius 2 is 1.88 bits per heavy atom. The van der Waals surface area contributed by atoms with E-state index in [1.807, 2.05) is 6.07 Å². The van der Waals surface area contributed by atoms with Crippen molar-refractivity contribution in [3.63, 3.8) is 0 Å². The summed E-state index contributed by atoms with van der Waals surface area (Å²) in [7, 11) is 2.11. The number of aromatic nitrogens is 4. The number of halogens is 2. The Morgan fingerprint density at radius 1 is 1.18 bits per heavy atom. The molecule has 2 amide bonds. The van der Waals surface area contributed by atoms with Crippen LogP contribution in [0, 0.1) is 0 Å². The molecule has 2 N–H and O–H groups in total. The first-order chi connectivity index (χ1) is 19.0. The third-order valence-corrected chi connectivity index (χ3v) is 8.62. The number of nitrogens with one attached hydrogen (secondary N) is 2. The number of hydrogen-bond acceptors (Lipinski definition) is 5. The van der Waals surface area contributed by atoms with Crippen LogP contribution in [0.15, 0.2) is 24.8 Å². The molecule has 0 atom stereocenters. The van der Waals surface area contributed by atoms with E-state index in [-0.39, 0.29) is 34.5 Å². The second kappa shape index (κ2) is 11.2. The summed E-state index contributed by atoms with van der Waals surface area (Å²) in [6.45, 7) is 12.7. The third-order valence-electron chi connectivity index (χ3n) is 8.04. The van der Waals surface area contributed by atoms with E-state index in [4.69, 9.17) is 28.2 Å². The SMILES string of the molecule is C=CC(=O)N1CC(NC(=O)c2c(Cl)nc(CCc3[nH]nc4cc(Cl)c(C(C)(C)C)cc34)n2C2CCN(C)CC2)C1. The highest BCUT2D eigenvalue weighted by Gasteiger charge is 2.34. The number of aryl methyl sites for hydroxylation is 2. The molecule has 0 radical (unpaired) electrons. The molecular formula is C29H37Cl2N7O2. The summed E-state index contributed by atoms with van der Waals surface area (Å²) in [6.07, 6.45) is 4.35. The topological polar surface area (TPSA) is 99.1 Å². The molecule has 2 fully saturated rings. The highest BCUT2D eigenvalue weighted by molar-refractivity contribution is 6.32. The number of fused-ring (bicyclic) bond motifs is 1. The molecule has 0 unspecified atom stereocenters. The molecule has 2 saturated heterocycles. The number of imidazole rings is 1. The Hall–Kier alpha value is -2.88. The molecule has 214 valence electrons. The van der Waals surface area contributed by atoms with Crippen LogP contribution < -0.4 is 5.32 Å². The van der Waals surface area contributed by atoms with E-state index in [1.54, 1.807) is 4.90 Å². The van der Waals surface area contributed by atoms with Gasteiger partial charge < -0.3 is 19.7 Å². The Morgan fingerprint density at radius 3 is 2.52 bits per heavy atom. The van der Waals surface area contributed by atoms with Gasteiger partial charge in [0.2, 0.25) is 5.91 Å². The number of nitrogens with zero attached hydrogens (tertiary/aromatic N) is 5. The van der Waals surface area contributed by atoms with E-state index in [0.29, 0.717) is 36.6 Å². The summed E-state index contributed by atoms with van der Waals surface area (Å²) in [4.78, 5) is 34.0. The lowest BCUT2D eigenvalue weighted by Gasteiger charge is -2.39. The zero-order chi connectivity index (χ0) is 28.8. The van der Waals surface area contributed by atoms with Crippen molar-refractivity contribution in [2.24, 2.45) is 0 Å². The van der Waals surface area contributed by atoms with E-state index < -0.39 is 0 Å². The molecule has 0 bridgehead atoms. The second-order valence-electron chi connectivity index (χ2n) is 12.0. The molecule has 9 nitrogen and oxygen atoms in total. The average Bonchev–Trinajstić information content (AvgIpc) is 3.42. The monoisotopic (exact) mass is 585 g/mol. The van der Waals surface area contributed by atoms with Crippen LogP contribution in [-0.4, -0.2) is 80.6 Å². The van der Waals surface area contributed by atoms with Gasteiger partial charge in [-0.25, -0.2) is 4.98 Å². The van der Waals surface area contributed by atoms with Crippen LogP contribution in [0.25, 0.3) is 10.9 Å². The van der Waals surface area contributed by atoms with Crippen molar-refractivity contribution in [2.45, 2.75) is 64.0 Å². The molecular weight excluding hydrogens is 549 g/mol. The van der Waals surface area contributed by atoms with E-state index in [9.17, 15) is 9.59 Å². The zero-order valence-electron chi connectivity index (χ0n) is 23.6. The molecule has 4 heterocycles. The maximum Gasteiger partial charge on any atom is 0.271 e. The van der Waals surface area contributed by atoms with Gasteiger partial charge in [0.25, 0.3) is 5.91 Å². The Balaban J connectivity index is 1.41. The Bertz CT molecular complexity index is 1440. The molecule has 3 aromatic rings. The van der Waals surface area contributed by atoms with Gasteiger partial charge in [0.1, 0.15) is 11.5 Å². The van der Waals surface area contributed by atoms with E-state index in [1.165, 1.54) is 6.08 Å². The van der Waals surface area contributed by atoms with E-state index >= 15 is 0 Å². The van der Waals surface area contributed by atoms with Crippen LogP contribution in [0.3, 0.4) is 0 Å². The zero-order valence-corrected chi connectivity index (χ0v) is 25.1. The van der Waals surface area contributed by atoms with Crippen molar-refractivity contribution < 1.29 is 9.59 Å². The summed E-state index contributed by atoms with van der Waals surface area (Å²) in [5.41, 5.74) is 3.20. The first-order valence-electron chi connectivity index (χ1n) is 13.8. The van der Waals surface area contributed by atoms with Gasteiger partial charge in [-0.1, -0.05) is 50.6 Å². The molecule has 2 aliphatic heterocycles. The summed E-state index contributed by atoms with van der Waals surface area (Å²) < 4.78 is 2.06. The number of rotatable bonds is 7. The Kier molecular flexibility index (Phi) is 8.01. The first kappa shape index (κ1) is 28.6. The van der Waals surface area contributed by atoms with Crippen LogP contribution in [0.2, 0.25) is 10.2 Å². The lowest BCUT2D eigenvalue weighted by molar-refractivity contribution is -0.130. The van der Waals surface area contributed by atoms with Gasteiger partial charge in [0, 0.05) is 41.7 Å². The van der Waals surface area contributed by atoms with Crippen molar-refractivity contribution in [2.75, 3.05) is 33.2 Å². The van der Waals surface area contributed by atoms with Gasteiger partial charge in [0.15, 0.2) is 5.15 Å². The molecule has 0 spiro atoms. The number of carbonyl (C=O) groups is 2. The van der Waals surface area contributed by atoms with Crippen LogP contribution in [0.5, 0.6) is 0 Å². The van der Waals surface area contributed by atoms with Gasteiger partial charge in [-0.2, -0.15) is 5.10 Å². The predicted molar refractivity (Wildman–Crippen MR) is 158 cm³/mol. The number of likely N-dealkylation sites (tertiary alicyclic amines) is 2. The van der Waals surface area contributed by atoms with E-state index in [2.05, 4.69) is 65.4 Å². The fraction of sp³-hybridized carbons (Fsp3) is 0.517. The second-order valence-corrected chi connectivity index (χ2v) is 12.8. The number of piperidine rings is 1. The first-order valence-corrected chi connectivity index (χ1v) is 14.6. The quantitative estimate of drug-likeness (QED) is 0.396. The summed E-state index contributed by atoms with van der Waals surface area (Å²) >= 11 is 13.2. The van der Waals surface area contributed by atoms with Crippen LogP contribution >= 0.6 is 23.2 Å². The summed E-state index contributed by atoms with van der Waals surface area (Å²) in [6, 6.07) is 4.04. The highest BCUT2D eigenvalue weighted by Crippen LogP contribution is 2.34. The van der Waals surface area contributed by atoms with Gasteiger partial charge >= 0.3 is 0 Å². The predicted octanol–water partition coefficient (Wildman–Crippen LogP) is 4.54. The van der Waals surface area contributed by atoms with Gasteiger partial charge in [-0.15, -0.1) is 0 Å². The van der Waals surface area contributed by atoms with Crippen molar-refractivity contribution in [1.29, 1.82) is 0 Å². The lowest BCUT2D eigenvalue weighted by atomic mass is 9.86. The molecule has 11 heteroatoms. The molecule has 0 saturated carbocycles. The largest absolute Gasteiger partial charge is 0.344 e. The maximum absolute atomic E-state index is 13.5. The number of H-pyrrole nitrogens is 1. The summed E-state index contributed by atoms with van der Waals surface area (Å²) in [5.74, 6) is 0.398. The van der Waals surface area contributed by atoms with Crippen LogP contribution in [0.4, 0.5) is 0 Å². The van der Waals surface area contributed by atoms with Crippen LogP contribution in [0.1, 0.15) is 67.2 Å². The normalized spacial score (nSPS) is 17.3. The third kappa shape index (κ3) is 5.64. The van der Waals surface area contributed by atoms with Crippen molar-refractivity contribution in [3.8, 4) is 0 Å². The van der Waals surface area contributed by atoms with Gasteiger partial charge in [-0.05, 0) is 68.6 Å². The number of amides is 2. The van der Waals surface area contributed by atoms with Gasteiger partial charge in [0.05, 0.1) is 11.6 Å². The van der Waals surface area contributed by atoms with E-state index in [0.717, 1.165) is 53.9 Å². The average molecular weight is 587 g/mol. The number of benzene rings is 1. The fourth-order valence-corrected chi connectivity index (χ4v) is 6.41. The number of hydrogen-bond donors (Lipinski definition) is 2. The molecule has 2 aromatic heterocycles. The molecule has 1 aromatic carbocycles. The standard InChI is InChI=1S/C29H37Cl2N7O2/c1-6-25(39)37-15-17(16-37)32-28(40)26-27(31)33-24(38(26)18-9-11-36(5)12-10-18)8-7-22-19-13-20(29(2,3)4)21(30)14-23(19)35-34-22/h6,13-14,17-18H,1,7-12,15-16H2,2-5H3,(H,32,40)(H,34,35). The minimum Gasteiger partial charge on any atom is -0.344 e. The Labute approximate surface area is 244 Å².